The molecule has 3 unspecified atom stereocenters. The van der Waals surface area contributed by atoms with Crippen LogP contribution in [0.15, 0.2) is 54.6 Å². The molecule has 1 aliphatic heterocycles. The number of Topliss-reactive ketones (excluding diaryl/α,β-unsaturated/α-hetero) is 1. The third kappa shape index (κ3) is 2.65. The molecule has 1 N–H and O–H groups in total. The van der Waals surface area contributed by atoms with E-state index >= 15 is 0 Å². The Labute approximate surface area is 164 Å². The number of benzene rings is 2. The van der Waals surface area contributed by atoms with Gasteiger partial charge in [0.25, 0.3) is 0 Å². The average molecular weight is 377 g/mol. The van der Waals surface area contributed by atoms with Crippen molar-refractivity contribution in [1.29, 1.82) is 0 Å². The summed E-state index contributed by atoms with van der Waals surface area (Å²) in [4.78, 5) is 39.4. The third-order valence-electron chi connectivity index (χ3n) is 5.69. The molecule has 1 amide bonds. The number of carbonyl (C=O) groups excluding carboxylic acids is 3. The summed E-state index contributed by atoms with van der Waals surface area (Å²) in [5.41, 5.74) is -0.468. The number of hydrogen-bond donors (Lipinski definition) is 1. The number of fused-ring (bicyclic) bond motifs is 3. The number of rotatable bonds is 4. The summed E-state index contributed by atoms with van der Waals surface area (Å²) in [6.45, 7) is 5.73. The monoisotopic (exact) mass is 377 g/mol. The Morgan fingerprint density at radius 2 is 1.68 bits per heavy atom. The largest absolute Gasteiger partial charge is 0.425 e. The molecule has 0 bridgehead atoms. The van der Waals surface area contributed by atoms with Crippen LogP contribution in [0.4, 0.5) is 0 Å². The average Bonchev–Trinajstić information content (AvgIpc) is 3.38. The van der Waals surface area contributed by atoms with E-state index in [4.69, 9.17) is 4.74 Å². The van der Waals surface area contributed by atoms with Crippen LogP contribution in [0, 0.1) is 16.7 Å². The van der Waals surface area contributed by atoms with Crippen LogP contribution < -0.4 is 10.1 Å². The van der Waals surface area contributed by atoms with Gasteiger partial charge in [-0.2, -0.15) is 0 Å². The summed E-state index contributed by atoms with van der Waals surface area (Å²) < 4.78 is 5.50. The van der Waals surface area contributed by atoms with Crippen molar-refractivity contribution in [2.75, 3.05) is 0 Å². The van der Waals surface area contributed by atoms with Gasteiger partial charge < -0.3 is 10.1 Å². The standard InChI is InChI=1S/C23H23NO4/c1-22(2,3)19(25)18-17-15-11-7-8-12-16(15)28-21(27)23(17,18)20(26)24-13-14-9-5-4-6-10-14/h4-12,17-18H,13H2,1-3H3,(H,24,26). The number of ether oxygens (including phenoxy) is 1. The van der Waals surface area contributed by atoms with Crippen LogP contribution in [0.1, 0.15) is 37.8 Å². The molecule has 0 radical (unpaired) electrons. The topological polar surface area (TPSA) is 72.5 Å². The fourth-order valence-electron chi connectivity index (χ4n) is 4.21. The van der Waals surface area contributed by atoms with Crippen molar-refractivity contribution in [1.82, 2.24) is 5.32 Å². The van der Waals surface area contributed by atoms with E-state index in [9.17, 15) is 14.4 Å². The van der Waals surface area contributed by atoms with E-state index in [1.807, 2.05) is 63.2 Å². The molecule has 144 valence electrons. The Kier molecular flexibility index (Phi) is 4.14. The van der Waals surface area contributed by atoms with Gasteiger partial charge in [0.15, 0.2) is 5.41 Å². The predicted molar refractivity (Wildman–Crippen MR) is 103 cm³/mol. The second kappa shape index (κ2) is 6.30. The second-order valence-corrected chi connectivity index (χ2v) is 8.53. The fourth-order valence-corrected chi connectivity index (χ4v) is 4.21. The Morgan fingerprint density at radius 3 is 2.36 bits per heavy atom. The molecule has 4 rings (SSSR count). The van der Waals surface area contributed by atoms with Crippen LogP contribution in [-0.2, 0) is 20.9 Å². The van der Waals surface area contributed by atoms with E-state index in [-0.39, 0.29) is 5.78 Å². The SMILES string of the molecule is CC(C)(C)C(=O)C1C2c3ccccc3OC(=O)C12C(=O)NCc1ccccc1. The predicted octanol–water partition coefficient (Wildman–Crippen LogP) is 3.24. The molecular formula is C23H23NO4. The molecule has 28 heavy (non-hydrogen) atoms. The molecular weight excluding hydrogens is 354 g/mol. The van der Waals surface area contributed by atoms with E-state index < -0.39 is 34.5 Å². The van der Waals surface area contributed by atoms with Crippen LogP contribution in [0.25, 0.3) is 0 Å². The minimum atomic E-state index is -1.48. The highest BCUT2D eigenvalue weighted by Crippen LogP contribution is 2.70. The Morgan fingerprint density at radius 1 is 1.04 bits per heavy atom. The molecule has 2 aliphatic rings. The van der Waals surface area contributed by atoms with Gasteiger partial charge in [-0.25, -0.2) is 0 Å². The maximum Gasteiger partial charge on any atom is 0.328 e. The zero-order valence-electron chi connectivity index (χ0n) is 16.2. The molecule has 1 aliphatic carbocycles. The minimum Gasteiger partial charge on any atom is -0.425 e. The second-order valence-electron chi connectivity index (χ2n) is 8.53. The lowest BCUT2D eigenvalue weighted by molar-refractivity contribution is -0.150. The van der Waals surface area contributed by atoms with Gasteiger partial charge in [-0.15, -0.1) is 0 Å². The molecule has 0 saturated heterocycles. The number of esters is 1. The first kappa shape index (κ1) is 18.4. The lowest BCUT2D eigenvalue weighted by Crippen LogP contribution is -2.44. The number of para-hydroxylation sites is 1. The summed E-state index contributed by atoms with van der Waals surface area (Å²) in [7, 11) is 0. The van der Waals surface area contributed by atoms with Gasteiger partial charge in [0.2, 0.25) is 5.91 Å². The Bertz CT molecular complexity index is 960. The highest BCUT2D eigenvalue weighted by molar-refractivity contribution is 6.16. The molecule has 0 aromatic heterocycles. The maximum absolute atomic E-state index is 13.2. The van der Waals surface area contributed by atoms with Gasteiger partial charge in [-0.05, 0) is 11.6 Å². The number of carbonyl (C=O) groups is 3. The molecule has 1 heterocycles. The first-order valence-electron chi connectivity index (χ1n) is 9.45. The van der Waals surface area contributed by atoms with Crippen molar-refractivity contribution in [3.8, 4) is 5.75 Å². The first-order valence-corrected chi connectivity index (χ1v) is 9.45. The van der Waals surface area contributed by atoms with E-state index in [2.05, 4.69) is 5.32 Å². The van der Waals surface area contributed by atoms with Crippen LogP contribution in [0.3, 0.4) is 0 Å². The minimum absolute atomic E-state index is 0.0963. The Hall–Kier alpha value is -2.95. The fraction of sp³-hybridized carbons (Fsp3) is 0.348. The summed E-state index contributed by atoms with van der Waals surface area (Å²) in [6, 6.07) is 16.6. The number of amides is 1. The summed E-state index contributed by atoms with van der Waals surface area (Å²) in [5.74, 6) is -1.92. The molecule has 3 atom stereocenters. The maximum atomic E-state index is 13.2. The van der Waals surface area contributed by atoms with Gasteiger partial charge in [0.05, 0.1) is 5.92 Å². The summed E-state index contributed by atoms with van der Waals surface area (Å²) in [5, 5.41) is 2.86. The van der Waals surface area contributed by atoms with Gasteiger partial charge in [0, 0.05) is 23.4 Å². The van der Waals surface area contributed by atoms with Gasteiger partial charge >= 0.3 is 5.97 Å². The van der Waals surface area contributed by atoms with Gasteiger partial charge in [0.1, 0.15) is 11.5 Å². The molecule has 0 spiro atoms. The van der Waals surface area contributed by atoms with Gasteiger partial charge in [-0.3, -0.25) is 14.4 Å². The highest BCUT2D eigenvalue weighted by atomic mass is 16.5. The summed E-state index contributed by atoms with van der Waals surface area (Å²) >= 11 is 0. The normalized spacial score (nSPS) is 25.2. The van der Waals surface area contributed by atoms with E-state index in [0.29, 0.717) is 12.3 Å². The van der Waals surface area contributed by atoms with E-state index in [1.165, 1.54) is 0 Å². The van der Waals surface area contributed by atoms with Crippen molar-refractivity contribution in [2.45, 2.75) is 33.2 Å². The zero-order valence-corrected chi connectivity index (χ0v) is 16.2. The molecule has 2 aromatic carbocycles. The van der Waals surface area contributed by atoms with Crippen molar-refractivity contribution in [3.05, 3.63) is 65.7 Å². The van der Waals surface area contributed by atoms with E-state index in [0.717, 1.165) is 11.1 Å². The molecule has 1 fully saturated rings. The van der Waals surface area contributed by atoms with Crippen LogP contribution in [0.2, 0.25) is 0 Å². The number of nitrogens with one attached hydrogen (secondary N) is 1. The lowest BCUT2D eigenvalue weighted by atomic mass is 9.85. The molecule has 1 saturated carbocycles. The smallest absolute Gasteiger partial charge is 0.328 e. The van der Waals surface area contributed by atoms with Crippen LogP contribution >= 0.6 is 0 Å². The van der Waals surface area contributed by atoms with Crippen LogP contribution in [0.5, 0.6) is 5.75 Å². The highest BCUT2D eigenvalue weighted by Gasteiger charge is 2.80. The van der Waals surface area contributed by atoms with Crippen molar-refractivity contribution in [2.24, 2.45) is 16.7 Å². The van der Waals surface area contributed by atoms with Crippen molar-refractivity contribution >= 4 is 17.7 Å². The first-order chi connectivity index (χ1) is 13.3. The zero-order chi connectivity index (χ0) is 20.1. The molecule has 2 aromatic rings. The van der Waals surface area contributed by atoms with Gasteiger partial charge in [-0.1, -0.05) is 69.3 Å². The molecule has 5 heteroatoms. The van der Waals surface area contributed by atoms with Crippen molar-refractivity contribution < 1.29 is 19.1 Å². The van der Waals surface area contributed by atoms with E-state index in [1.54, 1.807) is 12.1 Å². The lowest BCUT2D eigenvalue weighted by Gasteiger charge is -2.23. The molecule has 5 nitrogen and oxygen atoms in total. The number of ketones is 1. The third-order valence-corrected chi connectivity index (χ3v) is 5.69. The summed E-state index contributed by atoms with van der Waals surface area (Å²) in [6.07, 6.45) is 0. The van der Waals surface area contributed by atoms with Crippen molar-refractivity contribution in [3.63, 3.8) is 0 Å². The van der Waals surface area contributed by atoms with Crippen LogP contribution in [-0.4, -0.2) is 17.7 Å². The quantitative estimate of drug-likeness (QED) is 0.504. The Balaban J connectivity index is 1.70. The number of hydrogen-bond acceptors (Lipinski definition) is 4.